The van der Waals surface area contributed by atoms with Crippen LogP contribution in [0.5, 0.6) is 0 Å². The van der Waals surface area contributed by atoms with Crippen molar-refractivity contribution in [1.29, 1.82) is 0 Å². The maximum Gasteiger partial charge on any atom is 0.346 e. The molecule has 3 heterocycles. The predicted molar refractivity (Wildman–Crippen MR) is 110 cm³/mol. The van der Waals surface area contributed by atoms with Gasteiger partial charge in [-0.3, -0.25) is 14.3 Å². The van der Waals surface area contributed by atoms with E-state index >= 15 is 0 Å². The molecule has 1 N–H and O–H groups in total. The number of amides is 1. The van der Waals surface area contributed by atoms with E-state index in [1.807, 2.05) is 43.3 Å². The van der Waals surface area contributed by atoms with Crippen molar-refractivity contribution in [2.45, 2.75) is 51.7 Å². The van der Waals surface area contributed by atoms with E-state index in [1.54, 1.807) is 17.0 Å². The molecule has 7 nitrogen and oxygen atoms in total. The largest absolute Gasteiger partial charge is 0.353 e. The first-order chi connectivity index (χ1) is 14.1. The molecular weight excluding hydrogens is 366 g/mol. The quantitative estimate of drug-likeness (QED) is 0.720. The molecule has 1 amide bonds. The maximum atomic E-state index is 12.7. The topological polar surface area (TPSA) is 81.8 Å². The number of benzene rings is 1. The average molecular weight is 391 g/mol. The van der Waals surface area contributed by atoms with Crippen LogP contribution in [0.3, 0.4) is 0 Å². The van der Waals surface area contributed by atoms with Gasteiger partial charge < -0.3 is 5.32 Å². The smallest absolute Gasteiger partial charge is 0.346 e. The molecule has 0 bridgehead atoms. The molecule has 0 aliphatic carbocycles. The van der Waals surface area contributed by atoms with Crippen LogP contribution in [0.1, 0.15) is 35.4 Å². The molecule has 2 aromatic heterocycles. The van der Waals surface area contributed by atoms with Gasteiger partial charge in [-0.15, -0.1) is 0 Å². The summed E-state index contributed by atoms with van der Waals surface area (Å²) >= 11 is 0. The first-order valence-electron chi connectivity index (χ1n) is 9.99. The number of aromatic nitrogens is 4. The third kappa shape index (κ3) is 4.62. The van der Waals surface area contributed by atoms with Crippen LogP contribution in [0.25, 0.3) is 0 Å². The fourth-order valence-electron chi connectivity index (χ4n) is 3.83. The average Bonchev–Trinajstić information content (AvgIpc) is 2.86. The van der Waals surface area contributed by atoms with Gasteiger partial charge >= 0.3 is 5.69 Å². The lowest BCUT2D eigenvalue weighted by Crippen LogP contribution is -2.36. The highest BCUT2D eigenvalue weighted by molar-refractivity contribution is 5.78. The van der Waals surface area contributed by atoms with Gasteiger partial charge in [0.2, 0.25) is 5.91 Å². The zero-order valence-electron chi connectivity index (χ0n) is 16.5. The van der Waals surface area contributed by atoms with Crippen molar-refractivity contribution in [2.75, 3.05) is 0 Å². The van der Waals surface area contributed by atoms with Crippen molar-refractivity contribution in [3.05, 3.63) is 81.8 Å². The lowest BCUT2D eigenvalue weighted by Gasteiger charge is -2.16. The number of nitrogens with zero attached hydrogens (tertiary/aromatic N) is 4. The summed E-state index contributed by atoms with van der Waals surface area (Å²) in [6.07, 6.45) is 6.01. The van der Waals surface area contributed by atoms with Gasteiger partial charge in [-0.1, -0.05) is 35.9 Å². The molecule has 1 aliphatic heterocycles. The van der Waals surface area contributed by atoms with E-state index in [-0.39, 0.29) is 17.6 Å². The van der Waals surface area contributed by atoms with Crippen molar-refractivity contribution in [3.63, 3.8) is 0 Å². The van der Waals surface area contributed by atoms with Crippen LogP contribution in [-0.4, -0.2) is 31.3 Å². The molecule has 4 rings (SSSR count). The van der Waals surface area contributed by atoms with E-state index < -0.39 is 0 Å². The third-order valence-corrected chi connectivity index (χ3v) is 5.28. The number of carbonyl (C=O) groups excluding carboxylic acids is 1. The first-order valence-corrected chi connectivity index (χ1v) is 9.99. The Morgan fingerprint density at radius 1 is 1.21 bits per heavy atom. The Hall–Kier alpha value is -3.22. The molecular formula is C22H25N5O2. The number of hydrogen-bond acceptors (Lipinski definition) is 4. The molecule has 1 aliphatic rings. The lowest BCUT2D eigenvalue weighted by atomic mass is 10.1. The van der Waals surface area contributed by atoms with Crippen LogP contribution in [0.15, 0.2) is 53.6 Å². The van der Waals surface area contributed by atoms with E-state index in [0.717, 1.165) is 35.4 Å². The summed E-state index contributed by atoms with van der Waals surface area (Å²) in [4.78, 5) is 29.3. The van der Waals surface area contributed by atoms with Crippen molar-refractivity contribution < 1.29 is 4.79 Å². The predicted octanol–water partition coefficient (Wildman–Crippen LogP) is 1.86. The van der Waals surface area contributed by atoms with Crippen molar-refractivity contribution in [1.82, 2.24) is 24.6 Å². The van der Waals surface area contributed by atoms with Crippen LogP contribution in [0.2, 0.25) is 0 Å². The number of aryl methyl sites for hydroxylation is 2. The molecule has 0 spiro atoms. The van der Waals surface area contributed by atoms with Crippen LogP contribution in [0.4, 0.5) is 0 Å². The minimum atomic E-state index is -0.101. The van der Waals surface area contributed by atoms with Crippen molar-refractivity contribution in [3.8, 4) is 0 Å². The van der Waals surface area contributed by atoms with Crippen molar-refractivity contribution in [2.24, 2.45) is 0 Å². The van der Waals surface area contributed by atoms with E-state index in [1.165, 1.54) is 4.68 Å². The Morgan fingerprint density at radius 2 is 2.07 bits per heavy atom. The van der Waals surface area contributed by atoms with Crippen LogP contribution in [0, 0.1) is 6.92 Å². The molecule has 1 aromatic carbocycles. The molecule has 1 atom stereocenters. The molecule has 1 unspecified atom stereocenters. The highest BCUT2D eigenvalue weighted by Gasteiger charge is 2.22. The number of hydrogen-bond donors (Lipinski definition) is 1. The summed E-state index contributed by atoms with van der Waals surface area (Å²) in [6.45, 7) is 3.01. The second-order valence-corrected chi connectivity index (χ2v) is 7.63. The number of rotatable bonds is 5. The Kier molecular flexibility index (Phi) is 5.55. The Balaban J connectivity index is 1.37. The van der Waals surface area contributed by atoms with E-state index in [2.05, 4.69) is 15.4 Å². The van der Waals surface area contributed by atoms with Crippen LogP contribution < -0.4 is 11.0 Å². The minimum absolute atomic E-state index is 0.0223. The van der Waals surface area contributed by atoms with Crippen LogP contribution >= 0.6 is 0 Å². The normalized spacial score (nSPS) is 16.1. The molecule has 0 fully saturated rings. The molecule has 0 saturated carbocycles. The molecule has 29 heavy (non-hydrogen) atoms. The summed E-state index contributed by atoms with van der Waals surface area (Å²) in [7, 11) is 0. The van der Waals surface area contributed by atoms with Gasteiger partial charge in [0.25, 0.3) is 0 Å². The molecule has 150 valence electrons. The summed E-state index contributed by atoms with van der Waals surface area (Å²) in [5.74, 6) is 0.809. The van der Waals surface area contributed by atoms with E-state index in [4.69, 9.17) is 0 Å². The third-order valence-electron chi connectivity index (χ3n) is 5.28. The zero-order valence-corrected chi connectivity index (χ0v) is 16.5. The van der Waals surface area contributed by atoms with Gasteiger partial charge in [0, 0.05) is 31.4 Å². The minimum Gasteiger partial charge on any atom is -0.353 e. The van der Waals surface area contributed by atoms with E-state index in [9.17, 15) is 9.59 Å². The van der Waals surface area contributed by atoms with Gasteiger partial charge in [0.1, 0.15) is 5.82 Å². The highest BCUT2D eigenvalue weighted by atomic mass is 16.2. The number of nitrogens with one attached hydrogen (secondary N) is 1. The summed E-state index contributed by atoms with van der Waals surface area (Å²) < 4.78 is 3.24. The Labute approximate surface area is 169 Å². The van der Waals surface area contributed by atoms with Crippen LogP contribution in [-0.2, 0) is 30.7 Å². The van der Waals surface area contributed by atoms with Gasteiger partial charge in [-0.2, -0.15) is 5.10 Å². The molecule has 7 heteroatoms. The molecule has 0 radical (unpaired) electrons. The molecule has 3 aromatic rings. The summed E-state index contributed by atoms with van der Waals surface area (Å²) in [6, 6.07) is 11.8. The Bertz CT molecular complexity index is 1050. The Morgan fingerprint density at radius 3 is 2.86 bits per heavy atom. The maximum absolute atomic E-state index is 12.7. The number of carbonyl (C=O) groups is 1. The molecule has 0 saturated heterocycles. The van der Waals surface area contributed by atoms with Gasteiger partial charge in [0.05, 0.1) is 13.0 Å². The fraction of sp³-hybridized carbons (Fsp3) is 0.364. The lowest BCUT2D eigenvalue weighted by molar-refractivity contribution is -0.121. The number of pyridine rings is 1. The second-order valence-electron chi connectivity index (χ2n) is 7.63. The number of fused-ring (bicyclic) bond motifs is 1. The monoisotopic (exact) mass is 391 g/mol. The zero-order chi connectivity index (χ0) is 20.2. The van der Waals surface area contributed by atoms with Crippen molar-refractivity contribution >= 4 is 5.91 Å². The van der Waals surface area contributed by atoms with Gasteiger partial charge in [-0.05, 0) is 37.0 Å². The van der Waals surface area contributed by atoms with E-state index in [0.29, 0.717) is 25.9 Å². The summed E-state index contributed by atoms with van der Waals surface area (Å²) in [5, 5.41) is 7.65. The SMILES string of the molecule is Cc1cccc(CC(=O)NC2CCc3nn(Cc4cccnc4)c(=O)n3CC2)c1. The summed E-state index contributed by atoms with van der Waals surface area (Å²) in [5.41, 5.74) is 3.01. The van der Waals surface area contributed by atoms with Gasteiger partial charge in [0.15, 0.2) is 0 Å². The fourth-order valence-corrected chi connectivity index (χ4v) is 3.83. The second kappa shape index (κ2) is 8.43. The highest BCUT2D eigenvalue weighted by Crippen LogP contribution is 2.13. The first kappa shape index (κ1) is 19.1. The standard InChI is InChI=1S/C22H25N5O2/c1-16-4-2-5-17(12-16)13-21(28)24-19-7-8-20-25-27(22(29)26(20)11-9-19)15-18-6-3-10-23-14-18/h2-6,10,12,14,19H,7-9,11,13,15H2,1H3,(H,24,28). The van der Waals surface area contributed by atoms with Gasteiger partial charge in [-0.25, -0.2) is 9.48 Å².